The molecule has 1 aromatic heterocycles. The Balaban J connectivity index is 1.47. The second-order valence-corrected chi connectivity index (χ2v) is 8.57. The SMILES string of the molecule is COc1cc(C=C2CCCN3C2=NOC3(CO)c2ccc(F)cc2)ccc1-c1nccs1. The summed E-state index contributed by atoms with van der Waals surface area (Å²) in [6.45, 7) is 0.385. The second-order valence-electron chi connectivity index (χ2n) is 7.68. The van der Waals surface area contributed by atoms with E-state index < -0.39 is 5.72 Å². The lowest BCUT2D eigenvalue weighted by Crippen LogP contribution is -2.51. The van der Waals surface area contributed by atoms with E-state index >= 15 is 0 Å². The lowest BCUT2D eigenvalue weighted by atomic mass is 9.94. The lowest BCUT2D eigenvalue weighted by molar-refractivity contribution is -0.137. The van der Waals surface area contributed by atoms with Crippen molar-refractivity contribution in [1.82, 2.24) is 9.88 Å². The van der Waals surface area contributed by atoms with E-state index in [0.29, 0.717) is 17.9 Å². The number of hydrogen-bond donors (Lipinski definition) is 1. The molecule has 0 aliphatic carbocycles. The number of ether oxygens (including phenoxy) is 1. The number of aliphatic hydroxyl groups excluding tert-OH is 1. The summed E-state index contributed by atoms with van der Waals surface area (Å²) in [5, 5.41) is 17.5. The molecule has 2 aromatic carbocycles. The molecule has 0 spiro atoms. The first-order valence-corrected chi connectivity index (χ1v) is 11.2. The molecular weight excluding hydrogens is 429 g/mol. The van der Waals surface area contributed by atoms with E-state index in [2.05, 4.69) is 16.2 Å². The van der Waals surface area contributed by atoms with Crippen molar-refractivity contribution in [3.63, 3.8) is 0 Å². The van der Waals surface area contributed by atoms with Crippen molar-refractivity contribution in [3.8, 4) is 16.3 Å². The molecule has 0 bridgehead atoms. The van der Waals surface area contributed by atoms with Gasteiger partial charge in [-0.1, -0.05) is 11.2 Å². The molecule has 5 rings (SSSR count). The molecule has 0 amide bonds. The highest BCUT2D eigenvalue weighted by Crippen LogP contribution is 2.40. The van der Waals surface area contributed by atoms with Gasteiger partial charge in [-0.05, 0) is 66.5 Å². The van der Waals surface area contributed by atoms with Gasteiger partial charge in [-0.2, -0.15) is 0 Å². The van der Waals surface area contributed by atoms with Crippen LogP contribution in [0.5, 0.6) is 5.75 Å². The van der Waals surface area contributed by atoms with Crippen molar-refractivity contribution >= 4 is 23.2 Å². The third-order valence-electron chi connectivity index (χ3n) is 5.83. The molecule has 3 heterocycles. The predicted molar refractivity (Wildman–Crippen MR) is 122 cm³/mol. The van der Waals surface area contributed by atoms with E-state index in [1.807, 2.05) is 28.5 Å². The van der Waals surface area contributed by atoms with Crippen LogP contribution in [-0.2, 0) is 10.6 Å². The van der Waals surface area contributed by atoms with Crippen LogP contribution in [-0.4, -0.2) is 41.1 Å². The van der Waals surface area contributed by atoms with Gasteiger partial charge in [0.05, 0.1) is 12.7 Å². The minimum absolute atomic E-state index is 0.296. The predicted octanol–water partition coefficient (Wildman–Crippen LogP) is 4.63. The van der Waals surface area contributed by atoms with Crippen molar-refractivity contribution in [1.29, 1.82) is 0 Å². The topological polar surface area (TPSA) is 67.2 Å². The number of fused-ring (bicyclic) bond motifs is 1. The molecule has 0 saturated carbocycles. The molecule has 8 heteroatoms. The number of nitrogens with zero attached hydrogens (tertiary/aromatic N) is 3. The van der Waals surface area contributed by atoms with Gasteiger partial charge in [-0.3, -0.25) is 0 Å². The third-order valence-corrected chi connectivity index (χ3v) is 6.64. The monoisotopic (exact) mass is 451 g/mol. The minimum Gasteiger partial charge on any atom is -0.496 e. The molecule has 1 N–H and O–H groups in total. The molecule has 1 unspecified atom stereocenters. The van der Waals surface area contributed by atoms with Crippen molar-refractivity contribution in [2.45, 2.75) is 18.6 Å². The number of piperidine rings is 1. The summed E-state index contributed by atoms with van der Waals surface area (Å²) in [4.78, 5) is 12.2. The summed E-state index contributed by atoms with van der Waals surface area (Å²) in [5.74, 6) is 1.11. The Kier molecular flexibility index (Phi) is 5.40. The Labute approximate surface area is 189 Å². The van der Waals surface area contributed by atoms with Crippen LogP contribution in [0.25, 0.3) is 16.6 Å². The van der Waals surface area contributed by atoms with Crippen LogP contribution in [0.2, 0.25) is 0 Å². The Hall–Kier alpha value is -3.23. The number of aliphatic hydroxyl groups is 1. The minimum atomic E-state index is -1.14. The van der Waals surface area contributed by atoms with E-state index in [-0.39, 0.29) is 12.4 Å². The third kappa shape index (κ3) is 3.45. The fourth-order valence-electron chi connectivity index (χ4n) is 4.24. The zero-order valence-electron chi connectivity index (χ0n) is 17.5. The highest BCUT2D eigenvalue weighted by Gasteiger charge is 2.49. The fraction of sp³-hybridized carbons (Fsp3) is 0.250. The Morgan fingerprint density at radius 2 is 2.12 bits per heavy atom. The summed E-state index contributed by atoms with van der Waals surface area (Å²) in [7, 11) is 1.65. The van der Waals surface area contributed by atoms with E-state index in [9.17, 15) is 9.50 Å². The quantitative estimate of drug-likeness (QED) is 0.613. The molecule has 0 radical (unpaired) electrons. The van der Waals surface area contributed by atoms with Crippen molar-refractivity contribution in [3.05, 3.63) is 76.6 Å². The number of hydrogen-bond acceptors (Lipinski definition) is 7. The summed E-state index contributed by atoms with van der Waals surface area (Å²) in [5.41, 5.74) is 2.46. The Morgan fingerprint density at radius 1 is 1.28 bits per heavy atom. The van der Waals surface area contributed by atoms with Crippen LogP contribution in [0.3, 0.4) is 0 Å². The Bertz CT molecular complexity index is 1180. The maximum atomic E-state index is 13.5. The summed E-state index contributed by atoms with van der Waals surface area (Å²) in [6.07, 6.45) is 5.56. The highest BCUT2D eigenvalue weighted by atomic mass is 32.1. The van der Waals surface area contributed by atoms with Gasteiger partial charge in [-0.25, -0.2) is 9.37 Å². The standard InChI is InChI=1S/C24H22FN3O3S/c1-30-21-14-16(4-9-20(21)23-26-10-12-32-23)13-17-3-2-11-28-22(17)27-31-24(28,15-29)18-5-7-19(25)8-6-18/h4-10,12-14,29H,2-3,11,15H2,1H3. The van der Waals surface area contributed by atoms with Crippen molar-refractivity contribution in [2.24, 2.45) is 5.16 Å². The second kappa shape index (κ2) is 8.37. The number of aromatic nitrogens is 1. The largest absolute Gasteiger partial charge is 0.496 e. The van der Waals surface area contributed by atoms with Gasteiger partial charge in [0.25, 0.3) is 5.72 Å². The summed E-state index contributed by atoms with van der Waals surface area (Å²) >= 11 is 1.56. The summed E-state index contributed by atoms with van der Waals surface area (Å²) < 4.78 is 19.1. The van der Waals surface area contributed by atoms with Gasteiger partial charge >= 0.3 is 0 Å². The number of oxime groups is 1. The number of methoxy groups -OCH3 is 1. The number of amidine groups is 1. The van der Waals surface area contributed by atoms with Crippen LogP contribution in [0.1, 0.15) is 24.0 Å². The molecule has 1 saturated heterocycles. The first kappa shape index (κ1) is 20.7. The fourth-order valence-corrected chi connectivity index (χ4v) is 4.91. The van der Waals surface area contributed by atoms with Gasteiger partial charge < -0.3 is 19.6 Å². The average molecular weight is 452 g/mol. The zero-order chi connectivity index (χ0) is 22.1. The molecular formula is C24H22FN3O3S. The first-order valence-electron chi connectivity index (χ1n) is 10.3. The van der Waals surface area contributed by atoms with Crippen molar-refractivity contribution < 1.29 is 19.1 Å². The maximum Gasteiger partial charge on any atom is 0.260 e. The molecule has 3 aromatic rings. The first-order chi connectivity index (χ1) is 15.6. The van der Waals surface area contributed by atoms with Crippen LogP contribution >= 0.6 is 11.3 Å². The van der Waals surface area contributed by atoms with Crippen LogP contribution < -0.4 is 4.74 Å². The van der Waals surface area contributed by atoms with E-state index in [1.165, 1.54) is 12.1 Å². The van der Waals surface area contributed by atoms with E-state index in [4.69, 9.17) is 9.57 Å². The molecule has 32 heavy (non-hydrogen) atoms. The van der Waals surface area contributed by atoms with Gasteiger partial charge in [-0.15, -0.1) is 11.3 Å². The maximum absolute atomic E-state index is 13.5. The summed E-state index contributed by atoms with van der Waals surface area (Å²) in [6, 6.07) is 12.0. The lowest BCUT2D eigenvalue weighted by Gasteiger charge is -2.38. The number of benzene rings is 2. The van der Waals surface area contributed by atoms with Crippen LogP contribution in [0, 0.1) is 5.82 Å². The Morgan fingerprint density at radius 3 is 2.84 bits per heavy atom. The molecule has 2 aliphatic heterocycles. The molecule has 1 atom stereocenters. The van der Waals surface area contributed by atoms with Gasteiger partial charge in [0.15, 0.2) is 5.84 Å². The number of halogens is 1. The smallest absolute Gasteiger partial charge is 0.260 e. The highest BCUT2D eigenvalue weighted by molar-refractivity contribution is 7.13. The molecule has 164 valence electrons. The van der Waals surface area contributed by atoms with Gasteiger partial charge in [0.2, 0.25) is 0 Å². The van der Waals surface area contributed by atoms with E-state index in [1.54, 1.807) is 36.8 Å². The van der Waals surface area contributed by atoms with Crippen LogP contribution in [0.4, 0.5) is 4.39 Å². The number of thiazole rings is 1. The average Bonchev–Trinajstić information content (AvgIpc) is 3.49. The normalized spacial score (nSPS) is 21.3. The van der Waals surface area contributed by atoms with Crippen molar-refractivity contribution in [2.75, 3.05) is 20.3 Å². The molecule has 1 fully saturated rings. The molecule has 2 aliphatic rings. The molecule has 6 nitrogen and oxygen atoms in total. The van der Waals surface area contributed by atoms with Gasteiger partial charge in [0, 0.05) is 23.7 Å². The van der Waals surface area contributed by atoms with E-state index in [0.717, 1.165) is 40.3 Å². The zero-order valence-corrected chi connectivity index (χ0v) is 18.3. The van der Waals surface area contributed by atoms with Crippen LogP contribution in [0.15, 0.2) is 64.8 Å². The number of rotatable bonds is 5. The van der Waals surface area contributed by atoms with Gasteiger partial charge in [0.1, 0.15) is 23.2 Å².